The maximum absolute atomic E-state index is 12.8. The van der Waals surface area contributed by atoms with Gasteiger partial charge < -0.3 is 15.1 Å². The van der Waals surface area contributed by atoms with Crippen LogP contribution in [-0.4, -0.2) is 42.9 Å². The first-order chi connectivity index (χ1) is 12.5. The number of benzene rings is 1. The Morgan fingerprint density at radius 1 is 1.23 bits per heavy atom. The fourth-order valence-corrected chi connectivity index (χ4v) is 3.59. The third-order valence-electron chi connectivity index (χ3n) is 4.82. The maximum atomic E-state index is 12.8. The molecular formula is C20H27ClN3O2+. The molecule has 6 heteroatoms. The molecule has 0 radical (unpaired) electrons. The molecule has 0 spiro atoms. The molecule has 26 heavy (non-hydrogen) atoms. The molecule has 2 amide bonds. The van der Waals surface area contributed by atoms with Gasteiger partial charge in [-0.1, -0.05) is 29.8 Å². The molecule has 2 aliphatic rings. The van der Waals surface area contributed by atoms with Gasteiger partial charge in [0, 0.05) is 11.7 Å². The summed E-state index contributed by atoms with van der Waals surface area (Å²) in [6.07, 6.45) is 8.83. The normalized spacial score (nSPS) is 18.0. The van der Waals surface area contributed by atoms with E-state index in [1.807, 2.05) is 24.1 Å². The van der Waals surface area contributed by atoms with E-state index >= 15 is 0 Å². The molecule has 0 aliphatic heterocycles. The number of hydrogen-bond donors (Lipinski definition) is 2. The average molecular weight is 377 g/mol. The van der Waals surface area contributed by atoms with E-state index in [1.165, 1.54) is 12.1 Å². The highest BCUT2D eigenvalue weighted by atomic mass is 35.5. The zero-order chi connectivity index (χ0) is 18.5. The Balaban J connectivity index is 1.54. The van der Waals surface area contributed by atoms with Crippen LogP contribution in [-0.2, 0) is 9.59 Å². The van der Waals surface area contributed by atoms with Crippen LogP contribution in [0.15, 0.2) is 36.0 Å². The number of carbonyl (C=O) groups excluding carboxylic acids is 2. The quantitative estimate of drug-likeness (QED) is 0.766. The van der Waals surface area contributed by atoms with Crippen molar-refractivity contribution in [2.24, 2.45) is 0 Å². The van der Waals surface area contributed by atoms with Crippen molar-refractivity contribution >= 4 is 29.1 Å². The number of amides is 2. The Hall–Kier alpha value is -1.85. The van der Waals surface area contributed by atoms with Crippen LogP contribution >= 0.6 is 11.6 Å². The van der Waals surface area contributed by atoms with Crippen LogP contribution in [0.25, 0.3) is 0 Å². The second-order valence-corrected chi connectivity index (χ2v) is 7.68. The lowest BCUT2D eigenvalue weighted by atomic mass is 10.0. The molecule has 2 N–H and O–H groups in total. The van der Waals surface area contributed by atoms with Gasteiger partial charge in [-0.15, -0.1) is 0 Å². The summed E-state index contributed by atoms with van der Waals surface area (Å²) in [5.74, 6) is -0.0121. The van der Waals surface area contributed by atoms with Crippen molar-refractivity contribution in [3.63, 3.8) is 0 Å². The Morgan fingerprint density at radius 2 is 2.00 bits per heavy atom. The highest BCUT2D eigenvalue weighted by molar-refractivity contribution is 6.33. The molecule has 1 atom stereocenters. The number of halogens is 1. The highest BCUT2D eigenvalue weighted by Gasteiger charge is 2.36. The minimum absolute atomic E-state index is 0.128. The minimum atomic E-state index is -0.141. The summed E-state index contributed by atoms with van der Waals surface area (Å²) in [4.78, 5) is 28.0. The zero-order valence-electron chi connectivity index (χ0n) is 15.3. The summed E-state index contributed by atoms with van der Waals surface area (Å²) in [7, 11) is 1.88. The van der Waals surface area contributed by atoms with Gasteiger partial charge in [-0.2, -0.15) is 0 Å². The largest absolute Gasteiger partial charge is 0.322 e. The van der Waals surface area contributed by atoms with Gasteiger partial charge in [0.25, 0.3) is 11.8 Å². The molecule has 140 valence electrons. The number of rotatable bonds is 7. The zero-order valence-corrected chi connectivity index (χ0v) is 16.0. The number of likely N-dealkylation sites (N-methyl/N-ethyl adjacent to an activating group) is 1. The summed E-state index contributed by atoms with van der Waals surface area (Å²) in [6, 6.07) is 7.53. The van der Waals surface area contributed by atoms with Gasteiger partial charge in [-0.05, 0) is 50.7 Å². The topological polar surface area (TPSA) is 53.9 Å². The van der Waals surface area contributed by atoms with Crippen molar-refractivity contribution in [3.8, 4) is 0 Å². The van der Waals surface area contributed by atoms with Crippen LogP contribution in [0.3, 0.4) is 0 Å². The molecule has 5 nitrogen and oxygen atoms in total. The van der Waals surface area contributed by atoms with E-state index in [0.717, 1.165) is 37.0 Å². The molecule has 1 aromatic carbocycles. The first-order valence-corrected chi connectivity index (χ1v) is 9.79. The van der Waals surface area contributed by atoms with E-state index in [0.29, 0.717) is 23.3 Å². The number of nitrogens with zero attached hydrogens (tertiary/aromatic N) is 1. The van der Waals surface area contributed by atoms with Crippen molar-refractivity contribution in [1.82, 2.24) is 4.90 Å². The third-order valence-corrected chi connectivity index (χ3v) is 5.15. The molecule has 1 unspecified atom stereocenters. The number of quaternary nitrogens is 1. The molecule has 1 saturated carbocycles. The van der Waals surface area contributed by atoms with Gasteiger partial charge in [-0.25, -0.2) is 0 Å². The molecule has 2 aliphatic carbocycles. The number of hydrogen-bond acceptors (Lipinski definition) is 2. The molecule has 1 aromatic rings. The van der Waals surface area contributed by atoms with Crippen molar-refractivity contribution in [2.45, 2.75) is 44.6 Å². The molecule has 0 aromatic heterocycles. The lowest BCUT2D eigenvalue weighted by Crippen LogP contribution is -3.11. The molecule has 3 rings (SSSR count). The van der Waals surface area contributed by atoms with Gasteiger partial charge >= 0.3 is 0 Å². The van der Waals surface area contributed by atoms with Crippen LogP contribution in [0.5, 0.6) is 0 Å². The monoisotopic (exact) mass is 376 g/mol. The second kappa shape index (κ2) is 8.69. The van der Waals surface area contributed by atoms with E-state index in [-0.39, 0.29) is 18.4 Å². The Kier molecular flexibility index (Phi) is 6.33. The fraction of sp³-hybridized carbons (Fsp3) is 0.500. The maximum Gasteiger partial charge on any atom is 0.282 e. The Morgan fingerprint density at radius 3 is 2.65 bits per heavy atom. The van der Waals surface area contributed by atoms with Gasteiger partial charge in [0.15, 0.2) is 13.1 Å². The van der Waals surface area contributed by atoms with Gasteiger partial charge in [0.1, 0.15) is 0 Å². The van der Waals surface area contributed by atoms with E-state index in [2.05, 4.69) is 11.4 Å². The number of nitrogens with one attached hydrogen (secondary N) is 2. The lowest BCUT2D eigenvalue weighted by Gasteiger charge is -2.28. The van der Waals surface area contributed by atoms with Gasteiger partial charge in [-0.3, -0.25) is 9.59 Å². The van der Waals surface area contributed by atoms with Crippen LogP contribution in [0.1, 0.15) is 38.5 Å². The van der Waals surface area contributed by atoms with Crippen LogP contribution in [0, 0.1) is 0 Å². The first kappa shape index (κ1) is 18.9. The van der Waals surface area contributed by atoms with Crippen molar-refractivity contribution in [3.05, 3.63) is 41.1 Å². The highest BCUT2D eigenvalue weighted by Crippen LogP contribution is 2.33. The van der Waals surface area contributed by atoms with Gasteiger partial charge in [0.2, 0.25) is 0 Å². The molecule has 0 saturated heterocycles. The number of anilines is 1. The Labute approximate surface area is 160 Å². The fourth-order valence-electron chi connectivity index (χ4n) is 3.41. The van der Waals surface area contributed by atoms with E-state index in [4.69, 9.17) is 11.6 Å². The smallest absolute Gasteiger partial charge is 0.282 e. The number of allylic oxidation sites excluding steroid dienone is 2. The lowest BCUT2D eigenvalue weighted by molar-refractivity contribution is -0.862. The molecule has 0 heterocycles. The van der Waals surface area contributed by atoms with Crippen molar-refractivity contribution < 1.29 is 14.5 Å². The molecule has 0 bridgehead atoms. The number of carbonyl (C=O) groups is 2. The summed E-state index contributed by atoms with van der Waals surface area (Å²) in [5, 5.41) is 3.33. The summed E-state index contributed by atoms with van der Waals surface area (Å²) in [6.45, 7) is 0.554. The standard InChI is InChI=1S/C20H26ClN3O2/c1-23(13-19(25)22-18-10-6-5-9-17(18)21)14-20(26)24(16-11-12-16)15-7-3-2-4-8-15/h5-7,9-10,16H,2-4,8,11-14H2,1H3,(H,22,25)/p+1. The third kappa shape index (κ3) is 5.08. The molecular weight excluding hydrogens is 350 g/mol. The average Bonchev–Trinajstić information content (AvgIpc) is 3.42. The summed E-state index contributed by atoms with van der Waals surface area (Å²) < 4.78 is 0. The minimum Gasteiger partial charge on any atom is -0.322 e. The van der Waals surface area contributed by atoms with Gasteiger partial charge in [0.05, 0.1) is 17.8 Å². The first-order valence-electron chi connectivity index (χ1n) is 9.41. The second-order valence-electron chi connectivity index (χ2n) is 7.27. The summed E-state index contributed by atoms with van der Waals surface area (Å²) in [5.41, 5.74) is 1.79. The predicted octanol–water partition coefficient (Wildman–Crippen LogP) is 2.24. The van der Waals surface area contributed by atoms with E-state index in [1.54, 1.807) is 12.1 Å². The van der Waals surface area contributed by atoms with Crippen LogP contribution in [0.2, 0.25) is 5.02 Å². The van der Waals surface area contributed by atoms with Crippen LogP contribution in [0.4, 0.5) is 5.69 Å². The number of para-hydroxylation sites is 1. The van der Waals surface area contributed by atoms with Crippen LogP contribution < -0.4 is 10.2 Å². The van der Waals surface area contributed by atoms with E-state index < -0.39 is 0 Å². The van der Waals surface area contributed by atoms with Crippen molar-refractivity contribution in [2.75, 3.05) is 25.5 Å². The molecule has 1 fully saturated rings. The van der Waals surface area contributed by atoms with Crippen molar-refractivity contribution in [1.29, 1.82) is 0 Å². The van der Waals surface area contributed by atoms with E-state index in [9.17, 15) is 9.59 Å². The predicted molar refractivity (Wildman–Crippen MR) is 103 cm³/mol. The SMILES string of the molecule is C[NH+](CC(=O)Nc1ccccc1Cl)CC(=O)N(C1=CCCCC1)C1CC1. The summed E-state index contributed by atoms with van der Waals surface area (Å²) >= 11 is 6.07. The Bertz CT molecular complexity index is 700.